The highest BCUT2D eigenvalue weighted by molar-refractivity contribution is 6.07. The van der Waals surface area contributed by atoms with Crippen LogP contribution < -0.4 is 5.73 Å². The molecule has 2 aromatic heterocycles. The van der Waals surface area contributed by atoms with Crippen molar-refractivity contribution in [2.45, 2.75) is 31.7 Å². The maximum absolute atomic E-state index is 13.0. The van der Waals surface area contributed by atoms with Crippen molar-refractivity contribution in [3.8, 4) is 0 Å². The molecule has 1 aromatic carbocycles. The molecule has 8 heteroatoms. The van der Waals surface area contributed by atoms with Gasteiger partial charge in [-0.2, -0.15) is 0 Å². The summed E-state index contributed by atoms with van der Waals surface area (Å²) in [7, 11) is 0. The molecule has 2 aliphatic rings. The van der Waals surface area contributed by atoms with Gasteiger partial charge in [-0.05, 0) is 37.3 Å². The molecule has 2 amide bonds. The molecule has 8 nitrogen and oxygen atoms in total. The van der Waals surface area contributed by atoms with Gasteiger partial charge in [-0.25, -0.2) is 4.68 Å². The van der Waals surface area contributed by atoms with Crippen LogP contribution in [-0.4, -0.2) is 49.8 Å². The van der Waals surface area contributed by atoms with Crippen molar-refractivity contribution in [2.24, 2.45) is 5.73 Å². The number of para-hydroxylation sites is 1. The lowest BCUT2D eigenvalue weighted by Crippen LogP contribution is -2.51. The SMILES string of the molecule is NC(=O)c1cn(C2CN(C(=O)c3cccc4c5c([nH]c34)CCCC5)C2)nn1. The van der Waals surface area contributed by atoms with E-state index in [4.69, 9.17) is 5.73 Å². The van der Waals surface area contributed by atoms with Crippen LogP contribution in [0.4, 0.5) is 0 Å². The van der Waals surface area contributed by atoms with E-state index < -0.39 is 5.91 Å². The molecule has 0 bridgehead atoms. The molecule has 0 spiro atoms. The van der Waals surface area contributed by atoms with E-state index in [1.54, 1.807) is 9.58 Å². The van der Waals surface area contributed by atoms with Crippen LogP contribution in [-0.2, 0) is 12.8 Å². The highest BCUT2D eigenvalue weighted by Gasteiger charge is 2.34. The quantitative estimate of drug-likeness (QED) is 0.732. The number of aromatic amines is 1. The van der Waals surface area contributed by atoms with Gasteiger partial charge in [-0.3, -0.25) is 9.59 Å². The number of nitrogens with one attached hydrogen (secondary N) is 1. The van der Waals surface area contributed by atoms with E-state index >= 15 is 0 Å². The van der Waals surface area contributed by atoms with Crippen molar-refractivity contribution in [2.75, 3.05) is 13.1 Å². The van der Waals surface area contributed by atoms with Gasteiger partial charge >= 0.3 is 0 Å². The maximum Gasteiger partial charge on any atom is 0.270 e. The fraction of sp³-hybridized carbons (Fsp3) is 0.368. The first-order valence-electron chi connectivity index (χ1n) is 9.25. The first-order valence-corrected chi connectivity index (χ1v) is 9.25. The summed E-state index contributed by atoms with van der Waals surface area (Å²) >= 11 is 0. The number of fused-ring (bicyclic) bond motifs is 3. The Morgan fingerprint density at radius 1 is 1.19 bits per heavy atom. The Balaban J connectivity index is 1.37. The standard InChI is InChI=1S/C19H20N6O2/c20-18(26)16-10-25(23-22-16)11-8-24(9-11)19(27)14-6-3-5-13-12-4-1-2-7-15(12)21-17(13)14/h3,5-6,10-11,21H,1-2,4,7-9H2,(H2,20,26). The predicted molar refractivity (Wildman–Crippen MR) is 98.4 cm³/mol. The number of primary amides is 1. The third-order valence-electron chi connectivity index (χ3n) is 5.65. The van der Waals surface area contributed by atoms with Crippen LogP contribution in [0.3, 0.4) is 0 Å². The number of hydrogen-bond donors (Lipinski definition) is 2. The molecule has 3 heterocycles. The second-order valence-electron chi connectivity index (χ2n) is 7.33. The molecule has 138 valence electrons. The minimum Gasteiger partial charge on any atom is -0.364 e. The molecular formula is C19H20N6O2. The zero-order valence-corrected chi connectivity index (χ0v) is 14.8. The summed E-state index contributed by atoms with van der Waals surface area (Å²) in [6.07, 6.45) is 6.07. The van der Waals surface area contributed by atoms with Gasteiger partial charge < -0.3 is 15.6 Å². The van der Waals surface area contributed by atoms with Crippen molar-refractivity contribution < 1.29 is 9.59 Å². The molecule has 0 unspecified atom stereocenters. The number of likely N-dealkylation sites (tertiary alicyclic amines) is 1. The third-order valence-corrected chi connectivity index (χ3v) is 5.65. The lowest BCUT2D eigenvalue weighted by atomic mass is 9.95. The summed E-state index contributed by atoms with van der Waals surface area (Å²) in [6, 6.07) is 5.98. The van der Waals surface area contributed by atoms with Crippen molar-refractivity contribution in [3.05, 3.63) is 46.9 Å². The van der Waals surface area contributed by atoms with Crippen LogP contribution in [0.5, 0.6) is 0 Å². The minimum absolute atomic E-state index is 0.0191. The summed E-state index contributed by atoms with van der Waals surface area (Å²) in [5.74, 6) is -0.582. The fourth-order valence-corrected chi connectivity index (χ4v) is 4.13. The number of carbonyl (C=O) groups excluding carboxylic acids is 2. The van der Waals surface area contributed by atoms with E-state index in [1.165, 1.54) is 35.7 Å². The van der Waals surface area contributed by atoms with Gasteiger partial charge in [0, 0.05) is 24.2 Å². The molecule has 1 fully saturated rings. The number of rotatable bonds is 3. The molecule has 1 saturated heterocycles. The zero-order valence-electron chi connectivity index (χ0n) is 14.8. The van der Waals surface area contributed by atoms with E-state index in [1.807, 2.05) is 12.1 Å². The molecule has 1 aliphatic heterocycles. The van der Waals surface area contributed by atoms with Crippen molar-refractivity contribution >= 4 is 22.7 Å². The van der Waals surface area contributed by atoms with Crippen LogP contribution in [0.15, 0.2) is 24.4 Å². The van der Waals surface area contributed by atoms with Gasteiger partial charge in [0.2, 0.25) is 0 Å². The van der Waals surface area contributed by atoms with Crippen LogP contribution in [0.25, 0.3) is 10.9 Å². The Kier molecular flexibility index (Phi) is 3.53. The van der Waals surface area contributed by atoms with Crippen LogP contribution >= 0.6 is 0 Å². The summed E-state index contributed by atoms with van der Waals surface area (Å²) < 4.78 is 1.61. The van der Waals surface area contributed by atoms with Gasteiger partial charge in [0.05, 0.1) is 23.3 Å². The van der Waals surface area contributed by atoms with Crippen molar-refractivity contribution in [1.29, 1.82) is 0 Å². The average molecular weight is 364 g/mol. The largest absolute Gasteiger partial charge is 0.364 e. The van der Waals surface area contributed by atoms with Gasteiger partial charge in [-0.1, -0.05) is 17.3 Å². The minimum atomic E-state index is -0.601. The van der Waals surface area contributed by atoms with E-state index in [0.29, 0.717) is 13.1 Å². The Hall–Kier alpha value is -3.16. The number of amides is 2. The third kappa shape index (κ3) is 2.51. The number of carbonyl (C=O) groups is 2. The molecule has 3 N–H and O–H groups in total. The molecule has 0 saturated carbocycles. The number of H-pyrrole nitrogens is 1. The van der Waals surface area contributed by atoms with Crippen LogP contribution in [0.2, 0.25) is 0 Å². The fourth-order valence-electron chi connectivity index (χ4n) is 4.13. The summed E-state index contributed by atoms with van der Waals surface area (Å²) in [6.45, 7) is 1.08. The summed E-state index contributed by atoms with van der Waals surface area (Å²) in [4.78, 5) is 29.5. The average Bonchev–Trinajstić information content (AvgIpc) is 3.25. The number of aryl methyl sites for hydroxylation is 2. The number of aromatic nitrogens is 4. The van der Waals surface area contributed by atoms with E-state index in [9.17, 15) is 9.59 Å². The molecular weight excluding hydrogens is 344 g/mol. The monoisotopic (exact) mass is 364 g/mol. The Morgan fingerprint density at radius 2 is 2.00 bits per heavy atom. The Bertz CT molecular complexity index is 1060. The van der Waals surface area contributed by atoms with Gasteiger partial charge in [0.1, 0.15) is 0 Å². The molecule has 0 atom stereocenters. The van der Waals surface area contributed by atoms with Gasteiger partial charge in [0.15, 0.2) is 5.69 Å². The zero-order chi connectivity index (χ0) is 18.5. The molecule has 0 radical (unpaired) electrons. The van der Waals surface area contributed by atoms with Crippen molar-refractivity contribution in [1.82, 2.24) is 24.9 Å². The number of hydrogen-bond acceptors (Lipinski definition) is 4. The Morgan fingerprint density at radius 3 is 2.78 bits per heavy atom. The van der Waals surface area contributed by atoms with Gasteiger partial charge in [-0.15, -0.1) is 5.10 Å². The Labute approximate surface area is 155 Å². The molecule has 3 aromatic rings. The normalized spacial score (nSPS) is 17.0. The predicted octanol–water partition coefficient (Wildman–Crippen LogP) is 1.43. The number of benzene rings is 1. The van der Waals surface area contributed by atoms with E-state index in [-0.39, 0.29) is 17.6 Å². The lowest BCUT2D eigenvalue weighted by Gasteiger charge is -2.38. The van der Waals surface area contributed by atoms with E-state index in [0.717, 1.165) is 23.9 Å². The van der Waals surface area contributed by atoms with Crippen LogP contribution in [0.1, 0.15) is 51.0 Å². The summed E-state index contributed by atoms with van der Waals surface area (Å²) in [5.41, 5.74) is 9.67. The first kappa shape index (κ1) is 16.0. The van der Waals surface area contributed by atoms with E-state index in [2.05, 4.69) is 21.4 Å². The number of nitrogens with zero attached hydrogens (tertiary/aromatic N) is 4. The smallest absolute Gasteiger partial charge is 0.270 e. The number of nitrogens with two attached hydrogens (primary N) is 1. The highest BCUT2D eigenvalue weighted by atomic mass is 16.2. The second kappa shape index (κ2) is 5.94. The topological polar surface area (TPSA) is 110 Å². The van der Waals surface area contributed by atoms with Crippen LogP contribution in [0, 0.1) is 0 Å². The second-order valence-corrected chi connectivity index (χ2v) is 7.33. The molecule has 27 heavy (non-hydrogen) atoms. The highest BCUT2D eigenvalue weighted by Crippen LogP contribution is 2.32. The van der Waals surface area contributed by atoms with Gasteiger partial charge in [0.25, 0.3) is 11.8 Å². The van der Waals surface area contributed by atoms with Crippen molar-refractivity contribution in [3.63, 3.8) is 0 Å². The maximum atomic E-state index is 13.0. The summed E-state index contributed by atoms with van der Waals surface area (Å²) in [5, 5.41) is 8.87. The lowest BCUT2D eigenvalue weighted by molar-refractivity contribution is 0.0500. The molecule has 1 aliphatic carbocycles. The molecule has 5 rings (SSSR count). The first-order chi connectivity index (χ1) is 13.1.